The number of nitrogens with one attached hydrogen (secondary N) is 1. The second-order valence-corrected chi connectivity index (χ2v) is 2.96. The van der Waals surface area contributed by atoms with E-state index in [9.17, 15) is 13.2 Å². The van der Waals surface area contributed by atoms with Crippen LogP contribution in [-0.2, 0) is 11.3 Å². The van der Waals surface area contributed by atoms with Gasteiger partial charge < -0.3 is 10.2 Å². The maximum absolute atomic E-state index is 11.8. The van der Waals surface area contributed by atoms with E-state index in [0.717, 1.165) is 0 Å². The largest absolute Gasteiger partial charge is 0.391 e. The number of nitrogens with zero attached hydrogens (tertiary/aromatic N) is 2. The number of nitrogen functional groups attached to an aromatic ring is 1. The summed E-state index contributed by atoms with van der Waals surface area (Å²) >= 11 is 0. The maximum Gasteiger partial charge on any atom is 0.391 e. The molecule has 0 saturated carbocycles. The van der Waals surface area contributed by atoms with Gasteiger partial charge in [0.15, 0.2) is 5.82 Å². The normalized spacial score (nSPS) is 11.5. The zero-order chi connectivity index (χ0) is 12.0. The Bertz CT molecular complexity index is 314. The van der Waals surface area contributed by atoms with Crippen molar-refractivity contribution in [3.8, 4) is 0 Å². The highest BCUT2D eigenvalue weighted by Crippen LogP contribution is 2.19. The summed E-state index contributed by atoms with van der Waals surface area (Å²) in [7, 11) is 0. The molecule has 3 N–H and O–H groups in total. The lowest BCUT2D eigenvalue weighted by Crippen LogP contribution is -2.12. The van der Waals surface area contributed by atoms with Crippen LogP contribution in [-0.4, -0.2) is 22.8 Å². The lowest BCUT2D eigenvalue weighted by atomic mass is 10.4. The molecular weight excluding hydrogens is 225 g/mol. The number of aromatic nitrogens is 2. The standard InChI is InChI=1S/C8H11F3N4O/c9-8(10,11)1-2-16-5-6-3-14-7(15-12)4-13-6/h3-4H,1-2,5,12H2,(H,14,15). The summed E-state index contributed by atoms with van der Waals surface area (Å²) in [6.45, 7) is -0.393. The minimum atomic E-state index is -4.20. The summed E-state index contributed by atoms with van der Waals surface area (Å²) in [5.74, 6) is 5.43. The summed E-state index contributed by atoms with van der Waals surface area (Å²) in [5.41, 5.74) is 2.72. The molecule has 0 aromatic carbocycles. The third-order valence-electron chi connectivity index (χ3n) is 1.63. The first-order valence-corrected chi connectivity index (χ1v) is 4.43. The number of hydrogen-bond donors (Lipinski definition) is 2. The number of anilines is 1. The Morgan fingerprint density at radius 1 is 1.31 bits per heavy atom. The first kappa shape index (κ1) is 12.7. The highest BCUT2D eigenvalue weighted by Gasteiger charge is 2.26. The molecule has 0 aliphatic rings. The van der Waals surface area contributed by atoms with Gasteiger partial charge in [0.25, 0.3) is 0 Å². The highest BCUT2D eigenvalue weighted by atomic mass is 19.4. The SMILES string of the molecule is NNc1cnc(COCCC(F)(F)F)cn1. The van der Waals surface area contributed by atoms with E-state index < -0.39 is 12.6 Å². The summed E-state index contributed by atoms with van der Waals surface area (Å²) in [4.78, 5) is 7.70. The van der Waals surface area contributed by atoms with Crippen LogP contribution in [0.15, 0.2) is 12.4 Å². The smallest absolute Gasteiger partial charge is 0.375 e. The number of nitrogens with two attached hydrogens (primary N) is 1. The molecule has 90 valence electrons. The second-order valence-electron chi connectivity index (χ2n) is 2.96. The molecule has 0 saturated heterocycles. The minimum Gasteiger partial charge on any atom is -0.375 e. The van der Waals surface area contributed by atoms with Gasteiger partial charge in [-0.05, 0) is 0 Å². The summed E-state index contributed by atoms with van der Waals surface area (Å²) < 4.78 is 40.0. The van der Waals surface area contributed by atoms with E-state index in [4.69, 9.17) is 10.6 Å². The Morgan fingerprint density at radius 3 is 2.56 bits per heavy atom. The fourth-order valence-corrected chi connectivity index (χ4v) is 0.868. The van der Waals surface area contributed by atoms with Crippen molar-refractivity contribution in [1.82, 2.24) is 9.97 Å². The molecule has 8 heteroatoms. The maximum atomic E-state index is 11.8. The van der Waals surface area contributed by atoms with E-state index in [2.05, 4.69) is 15.4 Å². The van der Waals surface area contributed by atoms with Crippen LogP contribution < -0.4 is 11.3 Å². The number of hydrazine groups is 1. The van der Waals surface area contributed by atoms with Gasteiger partial charge in [0.2, 0.25) is 0 Å². The third kappa shape index (κ3) is 4.89. The van der Waals surface area contributed by atoms with E-state index in [1.165, 1.54) is 12.4 Å². The molecule has 1 heterocycles. The molecule has 0 aliphatic heterocycles. The van der Waals surface area contributed by atoms with Gasteiger partial charge >= 0.3 is 6.18 Å². The molecule has 0 bridgehead atoms. The lowest BCUT2D eigenvalue weighted by Gasteiger charge is -2.06. The van der Waals surface area contributed by atoms with Gasteiger partial charge in [-0.25, -0.2) is 10.8 Å². The molecule has 1 rings (SSSR count). The highest BCUT2D eigenvalue weighted by molar-refractivity contribution is 5.28. The molecule has 0 radical (unpaired) electrons. The van der Waals surface area contributed by atoms with Crippen LogP contribution in [0.4, 0.5) is 19.0 Å². The van der Waals surface area contributed by atoms with Crippen molar-refractivity contribution >= 4 is 5.82 Å². The number of ether oxygens (including phenoxy) is 1. The van der Waals surface area contributed by atoms with Crippen molar-refractivity contribution < 1.29 is 17.9 Å². The monoisotopic (exact) mass is 236 g/mol. The Balaban J connectivity index is 2.27. The Hall–Kier alpha value is -1.41. The minimum absolute atomic E-state index is 0.00602. The van der Waals surface area contributed by atoms with Gasteiger partial charge in [-0.15, -0.1) is 0 Å². The van der Waals surface area contributed by atoms with Crippen LogP contribution in [0.3, 0.4) is 0 Å². The van der Waals surface area contributed by atoms with Crippen molar-refractivity contribution in [2.75, 3.05) is 12.0 Å². The van der Waals surface area contributed by atoms with Crippen LogP contribution in [0, 0.1) is 0 Å². The molecule has 0 aliphatic carbocycles. The summed E-state index contributed by atoms with van der Waals surface area (Å²) in [6.07, 6.45) is -2.42. The molecule has 0 spiro atoms. The molecule has 0 fully saturated rings. The Labute approximate surface area is 89.8 Å². The molecule has 0 unspecified atom stereocenters. The third-order valence-corrected chi connectivity index (χ3v) is 1.63. The first-order valence-electron chi connectivity index (χ1n) is 4.43. The number of halogens is 3. The lowest BCUT2D eigenvalue weighted by molar-refractivity contribution is -0.146. The van der Waals surface area contributed by atoms with Crippen LogP contribution in [0.2, 0.25) is 0 Å². The quantitative estimate of drug-likeness (QED) is 0.457. The van der Waals surface area contributed by atoms with Crippen LogP contribution >= 0.6 is 0 Å². The van der Waals surface area contributed by atoms with E-state index in [1.54, 1.807) is 0 Å². The number of hydrogen-bond acceptors (Lipinski definition) is 5. The van der Waals surface area contributed by atoms with Crippen LogP contribution in [0.25, 0.3) is 0 Å². The molecule has 0 amide bonds. The Kier molecular flexibility index (Phi) is 4.44. The van der Waals surface area contributed by atoms with E-state index >= 15 is 0 Å². The van der Waals surface area contributed by atoms with Gasteiger partial charge in [0.1, 0.15) is 0 Å². The fraction of sp³-hybridized carbons (Fsp3) is 0.500. The van der Waals surface area contributed by atoms with E-state index in [0.29, 0.717) is 11.5 Å². The molecule has 5 nitrogen and oxygen atoms in total. The molecular formula is C8H11F3N4O. The van der Waals surface area contributed by atoms with E-state index in [1.807, 2.05) is 0 Å². The first-order chi connectivity index (χ1) is 7.51. The van der Waals surface area contributed by atoms with Crippen molar-refractivity contribution in [2.45, 2.75) is 19.2 Å². The number of alkyl halides is 3. The summed E-state index contributed by atoms with van der Waals surface area (Å²) in [5, 5.41) is 0. The molecule has 1 aromatic heterocycles. The van der Waals surface area contributed by atoms with Gasteiger partial charge in [0, 0.05) is 0 Å². The average Bonchev–Trinajstić information content (AvgIpc) is 2.24. The van der Waals surface area contributed by atoms with Gasteiger partial charge in [0.05, 0.1) is 37.7 Å². The topological polar surface area (TPSA) is 73.1 Å². The second kappa shape index (κ2) is 5.61. The van der Waals surface area contributed by atoms with E-state index in [-0.39, 0.29) is 13.2 Å². The predicted octanol–water partition coefficient (Wildman–Crippen LogP) is 1.23. The zero-order valence-corrected chi connectivity index (χ0v) is 8.29. The molecule has 1 aromatic rings. The Morgan fingerprint density at radius 2 is 2.06 bits per heavy atom. The average molecular weight is 236 g/mol. The van der Waals surface area contributed by atoms with Gasteiger partial charge in [-0.3, -0.25) is 4.98 Å². The van der Waals surface area contributed by atoms with Crippen molar-refractivity contribution in [1.29, 1.82) is 0 Å². The summed E-state index contributed by atoms with van der Waals surface area (Å²) in [6, 6.07) is 0. The van der Waals surface area contributed by atoms with Crippen molar-refractivity contribution in [3.05, 3.63) is 18.1 Å². The zero-order valence-electron chi connectivity index (χ0n) is 8.29. The van der Waals surface area contributed by atoms with Crippen molar-refractivity contribution in [2.24, 2.45) is 5.84 Å². The van der Waals surface area contributed by atoms with Gasteiger partial charge in [-0.1, -0.05) is 0 Å². The van der Waals surface area contributed by atoms with Crippen molar-refractivity contribution in [3.63, 3.8) is 0 Å². The fourth-order valence-electron chi connectivity index (χ4n) is 0.868. The van der Waals surface area contributed by atoms with Crippen LogP contribution in [0.5, 0.6) is 0 Å². The molecule has 0 atom stereocenters. The van der Waals surface area contributed by atoms with Crippen LogP contribution in [0.1, 0.15) is 12.1 Å². The molecule has 16 heavy (non-hydrogen) atoms. The predicted molar refractivity (Wildman–Crippen MR) is 50.2 cm³/mol. The van der Waals surface area contributed by atoms with Gasteiger partial charge in [-0.2, -0.15) is 13.2 Å². The number of rotatable bonds is 5.